The summed E-state index contributed by atoms with van der Waals surface area (Å²) in [5.74, 6) is 0.331. The number of phenols is 1. The maximum atomic E-state index is 9.46. The van der Waals surface area contributed by atoms with Gasteiger partial charge in [-0.1, -0.05) is 25.1 Å². The van der Waals surface area contributed by atoms with Crippen LogP contribution in [-0.4, -0.2) is 5.11 Å². The number of aromatic hydroxyl groups is 1. The molecule has 0 heterocycles. The van der Waals surface area contributed by atoms with Crippen LogP contribution in [0.1, 0.15) is 25.0 Å². The first-order valence-electron chi connectivity index (χ1n) is 4.37. The fourth-order valence-corrected chi connectivity index (χ4v) is 1.23. The van der Waals surface area contributed by atoms with Gasteiger partial charge in [-0.25, -0.2) is 0 Å². The van der Waals surface area contributed by atoms with Gasteiger partial charge in [0.25, 0.3) is 0 Å². The molecule has 0 unspecified atom stereocenters. The fourth-order valence-electron chi connectivity index (χ4n) is 1.23. The zero-order valence-corrected chi connectivity index (χ0v) is 8.04. The first kappa shape index (κ1) is 9.85. The zero-order chi connectivity index (χ0) is 9.68. The third kappa shape index (κ3) is 2.62. The Morgan fingerprint density at radius 3 is 2.85 bits per heavy atom. The highest BCUT2D eigenvalue weighted by Gasteiger charge is 1.98. The molecule has 0 aliphatic rings. The van der Waals surface area contributed by atoms with Crippen LogP contribution < -0.4 is 0 Å². The van der Waals surface area contributed by atoms with Gasteiger partial charge in [0.2, 0.25) is 0 Å². The Hall–Kier alpha value is -1.24. The minimum absolute atomic E-state index is 0.331. The molecule has 0 aliphatic heterocycles. The number of hydrogen-bond donors (Lipinski definition) is 1. The Morgan fingerprint density at radius 2 is 2.23 bits per heavy atom. The molecule has 1 rings (SSSR count). The predicted octanol–water partition coefficient (Wildman–Crippen LogP) is 3.07. The highest BCUT2D eigenvalue weighted by atomic mass is 16.3. The van der Waals surface area contributed by atoms with Crippen molar-refractivity contribution < 1.29 is 5.11 Å². The van der Waals surface area contributed by atoms with Gasteiger partial charge in [-0.05, 0) is 37.5 Å². The molecule has 1 heteroatoms. The topological polar surface area (TPSA) is 20.2 Å². The van der Waals surface area contributed by atoms with Crippen LogP contribution in [0, 0.1) is 6.42 Å². The summed E-state index contributed by atoms with van der Waals surface area (Å²) in [6.45, 7) is 3.84. The third-order valence-electron chi connectivity index (χ3n) is 1.82. The molecule has 0 atom stereocenters. The van der Waals surface area contributed by atoms with Gasteiger partial charge < -0.3 is 5.11 Å². The van der Waals surface area contributed by atoms with Crippen molar-refractivity contribution >= 4 is 6.08 Å². The Morgan fingerprint density at radius 1 is 1.46 bits per heavy atom. The van der Waals surface area contributed by atoms with Crippen LogP contribution in [0.4, 0.5) is 0 Å². The molecule has 1 aromatic carbocycles. The van der Waals surface area contributed by atoms with Crippen molar-refractivity contribution in [3.05, 3.63) is 41.8 Å². The van der Waals surface area contributed by atoms with Gasteiger partial charge in [0.05, 0.1) is 0 Å². The molecule has 0 fully saturated rings. The van der Waals surface area contributed by atoms with Gasteiger partial charge in [0.1, 0.15) is 5.75 Å². The first-order chi connectivity index (χ1) is 6.27. The highest BCUT2D eigenvalue weighted by Crippen LogP contribution is 2.20. The van der Waals surface area contributed by atoms with Crippen LogP contribution >= 0.6 is 0 Å². The lowest BCUT2D eigenvalue weighted by Crippen LogP contribution is -1.84. The normalized spacial score (nSPS) is 10.9. The summed E-state index contributed by atoms with van der Waals surface area (Å²) in [6, 6.07) is 5.62. The van der Waals surface area contributed by atoms with Crippen LogP contribution in [0.15, 0.2) is 24.3 Å². The second kappa shape index (κ2) is 4.70. The molecule has 2 radical (unpaired) electrons. The Bertz CT molecular complexity index is 300. The number of benzene rings is 1. The van der Waals surface area contributed by atoms with E-state index < -0.39 is 0 Å². The fraction of sp³-hybridized carbons (Fsp3) is 0.250. The minimum Gasteiger partial charge on any atom is -0.507 e. The molecule has 0 saturated carbocycles. The van der Waals surface area contributed by atoms with Crippen LogP contribution in [0.3, 0.4) is 0 Å². The van der Waals surface area contributed by atoms with E-state index in [1.54, 1.807) is 6.07 Å². The monoisotopic (exact) mass is 174 g/mol. The SMILES string of the molecule is C[C]Cc1ccc(O)c(/C=C\C)c1. The van der Waals surface area contributed by atoms with Gasteiger partial charge in [0.15, 0.2) is 0 Å². The molecular formula is C12H14O. The molecule has 1 N–H and O–H groups in total. The summed E-state index contributed by atoms with van der Waals surface area (Å²) in [6.07, 6.45) is 7.70. The second-order valence-electron chi connectivity index (χ2n) is 2.92. The van der Waals surface area contributed by atoms with Crippen LogP contribution in [-0.2, 0) is 6.42 Å². The van der Waals surface area contributed by atoms with Gasteiger partial charge >= 0.3 is 0 Å². The van der Waals surface area contributed by atoms with Gasteiger partial charge in [0, 0.05) is 5.56 Å². The summed E-state index contributed by atoms with van der Waals surface area (Å²) in [7, 11) is 0. The maximum Gasteiger partial charge on any atom is 0.122 e. The number of phenolic OH excluding ortho intramolecular Hbond substituents is 1. The van der Waals surface area contributed by atoms with Crippen molar-refractivity contribution in [2.45, 2.75) is 20.3 Å². The highest BCUT2D eigenvalue weighted by molar-refractivity contribution is 5.57. The van der Waals surface area contributed by atoms with E-state index in [4.69, 9.17) is 0 Å². The van der Waals surface area contributed by atoms with Crippen LogP contribution in [0.5, 0.6) is 5.75 Å². The number of allylic oxidation sites excluding steroid dienone is 1. The van der Waals surface area contributed by atoms with Crippen molar-refractivity contribution in [3.63, 3.8) is 0 Å². The van der Waals surface area contributed by atoms with Crippen molar-refractivity contribution in [1.29, 1.82) is 0 Å². The largest absolute Gasteiger partial charge is 0.507 e. The molecule has 0 saturated heterocycles. The van der Waals surface area contributed by atoms with Crippen molar-refractivity contribution in [2.75, 3.05) is 0 Å². The maximum absolute atomic E-state index is 9.46. The number of hydrogen-bond acceptors (Lipinski definition) is 1. The lowest BCUT2D eigenvalue weighted by Gasteiger charge is -2.02. The van der Waals surface area contributed by atoms with Crippen LogP contribution in [0.25, 0.3) is 6.08 Å². The van der Waals surface area contributed by atoms with Crippen LogP contribution in [0.2, 0.25) is 0 Å². The van der Waals surface area contributed by atoms with Crippen molar-refractivity contribution in [3.8, 4) is 5.75 Å². The minimum atomic E-state index is 0.331. The lowest BCUT2D eigenvalue weighted by atomic mass is 10.1. The molecule has 0 amide bonds. The van der Waals surface area contributed by atoms with E-state index in [1.165, 1.54) is 5.56 Å². The van der Waals surface area contributed by atoms with Gasteiger partial charge in [-0.3, -0.25) is 0 Å². The molecule has 0 spiro atoms. The van der Waals surface area contributed by atoms with Gasteiger partial charge in [-0.15, -0.1) is 0 Å². The average Bonchev–Trinajstić information content (AvgIpc) is 2.12. The molecule has 0 aromatic heterocycles. The van der Waals surface area contributed by atoms with E-state index in [-0.39, 0.29) is 0 Å². The summed E-state index contributed by atoms with van der Waals surface area (Å²) in [5, 5.41) is 9.46. The lowest BCUT2D eigenvalue weighted by molar-refractivity contribution is 0.474. The molecule has 13 heavy (non-hydrogen) atoms. The standard InChI is InChI=1S/C12H14O/c1-3-5-10-7-8-12(13)11(9-10)6-4-2/h4,6-9,13H,5H2,1-2H3/b6-4-. The summed E-state index contributed by atoms with van der Waals surface area (Å²) < 4.78 is 0. The average molecular weight is 174 g/mol. The Kier molecular flexibility index (Phi) is 3.56. The van der Waals surface area contributed by atoms with Gasteiger partial charge in [-0.2, -0.15) is 0 Å². The van der Waals surface area contributed by atoms with E-state index in [0.717, 1.165) is 12.0 Å². The molecule has 0 aliphatic carbocycles. The molecule has 1 nitrogen and oxygen atoms in total. The Balaban J connectivity index is 2.96. The third-order valence-corrected chi connectivity index (χ3v) is 1.82. The van der Waals surface area contributed by atoms with E-state index in [0.29, 0.717) is 5.75 Å². The molecule has 68 valence electrons. The quantitative estimate of drug-likeness (QED) is 0.746. The van der Waals surface area contributed by atoms with Crippen molar-refractivity contribution in [1.82, 2.24) is 0 Å². The smallest absolute Gasteiger partial charge is 0.122 e. The summed E-state index contributed by atoms with van der Waals surface area (Å²) in [5.41, 5.74) is 2.05. The Labute approximate surface area is 79.7 Å². The number of rotatable bonds is 3. The summed E-state index contributed by atoms with van der Waals surface area (Å²) in [4.78, 5) is 0. The van der Waals surface area contributed by atoms with E-state index in [1.807, 2.05) is 38.1 Å². The van der Waals surface area contributed by atoms with Crippen molar-refractivity contribution in [2.24, 2.45) is 0 Å². The van der Waals surface area contributed by atoms with E-state index in [9.17, 15) is 5.11 Å². The van der Waals surface area contributed by atoms with E-state index >= 15 is 0 Å². The zero-order valence-electron chi connectivity index (χ0n) is 8.04. The molecule has 0 bridgehead atoms. The second-order valence-corrected chi connectivity index (χ2v) is 2.92. The van der Waals surface area contributed by atoms with E-state index in [2.05, 4.69) is 6.42 Å². The summed E-state index contributed by atoms with van der Waals surface area (Å²) >= 11 is 0. The molecular weight excluding hydrogens is 160 g/mol. The predicted molar refractivity (Wildman–Crippen MR) is 55.4 cm³/mol. The first-order valence-corrected chi connectivity index (χ1v) is 4.37. The molecule has 1 aromatic rings.